The summed E-state index contributed by atoms with van der Waals surface area (Å²) >= 11 is 5.92. The van der Waals surface area contributed by atoms with E-state index in [2.05, 4.69) is 24.1 Å². The molecular formula is C10H16ClN3. The van der Waals surface area contributed by atoms with Crippen LogP contribution in [0.2, 0.25) is 5.02 Å². The molecule has 3 nitrogen and oxygen atoms in total. The second kappa shape index (κ2) is 5.17. The lowest BCUT2D eigenvalue weighted by molar-refractivity contribution is 0.511. The van der Waals surface area contributed by atoms with E-state index in [4.69, 9.17) is 17.3 Å². The molecule has 3 N–H and O–H groups in total. The van der Waals surface area contributed by atoms with Crippen molar-refractivity contribution in [2.75, 3.05) is 11.9 Å². The molecule has 0 bridgehead atoms. The van der Waals surface area contributed by atoms with Crippen LogP contribution in [0.25, 0.3) is 0 Å². The zero-order chi connectivity index (χ0) is 10.6. The topological polar surface area (TPSA) is 50.9 Å². The van der Waals surface area contributed by atoms with Crippen LogP contribution in [0.1, 0.15) is 13.8 Å². The molecule has 0 saturated heterocycles. The smallest absolute Gasteiger partial charge is 0.0820 e. The average Bonchev–Trinajstić information content (AvgIpc) is 2.16. The molecule has 1 aromatic heterocycles. The van der Waals surface area contributed by atoms with Crippen LogP contribution in [0.15, 0.2) is 18.5 Å². The number of pyridine rings is 1. The maximum absolute atomic E-state index is 5.92. The first kappa shape index (κ1) is 11.3. The number of hydrogen-bond donors (Lipinski definition) is 2. The van der Waals surface area contributed by atoms with E-state index in [0.717, 1.165) is 12.2 Å². The Labute approximate surface area is 89.7 Å². The van der Waals surface area contributed by atoms with Gasteiger partial charge in [-0.1, -0.05) is 25.4 Å². The van der Waals surface area contributed by atoms with Crippen LogP contribution in [-0.2, 0) is 0 Å². The molecule has 1 rings (SSSR count). The Hall–Kier alpha value is -0.800. The molecule has 1 aromatic rings. The Morgan fingerprint density at radius 3 is 2.86 bits per heavy atom. The SMILES string of the molecule is CC(C)C(N)CNc1ccncc1Cl. The van der Waals surface area contributed by atoms with Crippen molar-refractivity contribution in [3.05, 3.63) is 23.5 Å². The second-order valence-corrected chi connectivity index (χ2v) is 4.05. The molecule has 0 radical (unpaired) electrons. The fourth-order valence-corrected chi connectivity index (χ4v) is 1.17. The highest BCUT2D eigenvalue weighted by atomic mass is 35.5. The number of anilines is 1. The number of halogens is 1. The van der Waals surface area contributed by atoms with E-state index in [1.54, 1.807) is 12.4 Å². The van der Waals surface area contributed by atoms with Crippen LogP contribution in [0.4, 0.5) is 5.69 Å². The van der Waals surface area contributed by atoms with Gasteiger partial charge in [0.1, 0.15) is 0 Å². The normalized spacial score (nSPS) is 12.9. The minimum absolute atomic E-state index is 0.138. The van der Waals surface area contributed by atoms with Gasteiger partial charge in [0.05, 0.1) is 10.7 Å². The van der Waals surface area contributed by atoms with E-state index in [9.17, 15) is 0 Å². The standard InChI is InChI=1S/C10H16ClN3/c1-7(2)9(12)6-14-10-3-4-13-5-8(10)11/h3-5,7,9H,6,12H2,1-2H3,(H,13,14). The maximum Gasteiger partial charge on any atom is 0.0820 e. The Morgan fingerprint density at radius 1 is 1.57 bits per heavy atom. The maximum atomic E-state index is 5.92. The summed E-state index contributed by atoms with van der Waals surface area (Å²) in [6.45, 7) is 4.92. The molecule has 0 saturated carbocycles. The van der Waals surface area contributed by atoms with Gasteiger partial charge in [0, 0.05) is 25.0 Å². The van der Waals surface area contributed by atoms with E-state index in [-0.39, 0.29) is 6.04 Å². The number of hydrogen-bond acceptors (Lipinski definition) is 3. The third-order valence-electron chi connectivity index (χ3n) is 2.16. The van der Waals surface area contributed by atoms with Gasteiger partial charge < -0.3 is 11.1 Å². The molecule has 0 aliphatic carbocycles. The van der Waals surface area contributed by atoms with Crippen molar-refractivity contribution in [3.63, 3.8) is 0 Å². The fourth-order valence-electron chi connectivity index (χ4n) is 0.982. The van der Waals surface area contributed by atoms with E-state index in [0.29, 0.717) is 10.9 Å². The first-order valence-corrected chi connectivity index (χ1v) is 5.08. The highest BCUT2D eigenvalue weighted by Crippen LogP contribution is 2.18. The van der Waals surface area contributed by atoms with Crippen molar-refractivity contribution >= 4 is 17.3 Å². The number of nitrogens with one attached hydrogen (secondary N) is 1. The summed E-state index contributed by atoms with van der Waals surface area (Å²) in [5.74, 6) is 0.461. The van der Waals surface area contributed by atoms with Crippen molar-refractivity contribution in [1.82, 2.24) is 4.98 Å². The van der Waals surface area contributed by atoms with E-state index >= 15 is 0 Å². The zero-order valence-corrected chi connectivity index (χ0v) is 9.25. The van der Waals surface area contributed by atoms with Crippen molar-refractivity contribution in [2.45, 2.75) is 19.9 Å². The van der Waals surface area contributed by atoms with Gasteiger partial charge in [-0.2, -0.15) is 0 Å². The average molecular weight is 214 g/mol. The van der Waals surface area contributed by atoms with Gasteiger partial charge in [0.2, 0.25) is 0 Å². The van der Waals surface area contributed by atoms with Gasteiger partial charge in [0.25, 0.3) is 0 Å². The quantitative estimate of drug-likeness (QED) is 0.806. The molecule has 0 aliphatic rings. The van der Waals surface area contributed by atoms with E-state index in [1.165, 1.54) is 0 Å². The van der Waals surface area contributed by atoms with Crippen LogP contribution < -0.4 is 11.1 Å². The van der Waals surface area contributed by atoms with Gasteiger partial charge in [-0.3, -0.25) is 4.98 Å². The van der Waals surface area contributed by atoms with Gasteiger partial charge in [-0.05, 0) is 12.0 Å². The molecule has 0 aliphatic heterocycles. The number of nitrogens with two attached hydrogens (primary N) is 1. The molecule has 78 valence electrons. The molecule has 4 heteroatoms. The summed E-state index contributed by atoms with van der Waals surface area (Å²) in [4.78, 5) is 3.90. The summed E-state index contributed by atoms with van der Waals surface area (Å²) in [7, 11) is 0. The van der Waals surface area contributed by atoms with Crippen LogP contribution in [0.3, 0.4) is 0 Å². The van der Waals surface area contributed by atoms with Crippen LogP contribution in [-0.4, -0.2) is 17.6 Å². The number of aromatic nitrogens is 1. The number of rotatable bonds is 4. The molecule has 1 heterocycles. The predicted octanol–water partition coefficient (Wildman–Crippen LogP) is 2.13. The van der Waals surface area contributed by atoms with Crippen molar-refractivity contribution < 1.29 is 0 Å². The van der Waals surface area contributed by atoms with Crippen molar-refractivity contribution in [1.29, 1.82) is 0 Å². The lowest BCUT2D eigenvalue weighted by Gasteiger charge is -2.17. The summed E-state index contributed by atoms with van der Waals surface area (Å²) in [5, 5.41) is 3.83. The lowest BCUT2D eigenvalue weighted by Crippen LogP contribution is -2.34. The third-order valence-corrected chi connectivity index (χ3v) is 2.46. The van der Waals surface area contributed by atoms with Gasteiger partial charge in [-0.25, -0.2) is 0 Å². The summed E-state index contributed by atoms with van der Waals surface area (Å²) < 4.78 is 0. The van der Waals surface area contributed by atoms with E-state index in [1.807, 2.05) is 6.07 Å². The molecule has 1 atom stereocenters. The highest BCUT2D eigenvalue weighted by Gasteiger charge is 2.07. The molecule has 0 spiro atoms. The molecule has 0 aromatic carbocycles. The molecule has 1 unspecified atom stereocenters. The first-order valence-electron chi connectivity index (χ1n) is 4.70. The third kappa shape index (κ3) is 3.16. The highest BCUT2D eigenvalue weighted by molar-refractivity contribution is 6.33. The Morgan fingerprint density at radius 2 is 2.29 bits per heavy atom. The van der Waals surface area contributed by atoms with Crippen molar-refractivity contribution in [2.24, 2.45) is 11.7 Å². The molecular weight excluding hydrogens is 198 g/mol. The predicted molar refractivity (Wildman–Crippen MR) is 60.6 cm³/mol. The van der Waals surface area contributed by atoms with Gasteiger partial charge in [0.15, 0.2) is 0 Å². The monoisotopic (exact) mass is 213 g/mol. The minimum atomic E-state index is 0.138. The Bertz CT molecular complexity index is 288. The van der Waals surface area contributed by atoms with Crippen LogP contribution >= 0.6 is 11.6 Å². The van der Waals surface area contributed by atoms with Crippen LogP contribution in [0, 0.1) is 5.92 Å². The molecule has 0 fully saturated rings. The van der Waals surface area contributed by atoms with Crippen molar-refractivity contribution in [3.8, 4) is 0 Å². The minimum Gasteiger partial charge on any atom is -0.382 e. The molecule has 14 heavy (non-hydrogen) atoms. The Balaban J connectivity index is 2.50. The zero-order valence-electron chi connectivity index (χ0n) is 8.50. The summed E-state index contributed by atoms with van der Waals surface area (Å²) in [6.07, 6.45) is 3.32. The largest absolute Gasteiger partial charge is 0.382 e. The summed E-state index contributed by atoms with van der Waals surface area (Å²) in [5.41, 5.74) is 6.78. The lowest BCUT2D eigenvalue weighted by atomic mass is 10.1. The van der Waals surface area contributed by atoms with Gasteiger partial charge >= 0.3 is 0 Å². The van der Waals surface area contributed by atoms with Crippen LogP contribution in [0.5, 0.6) is 0 Å². The Kier molecular flexibility index (Phi) is 4.17. The summed E-state index contributed by atoms with van der Waals surface area (Å²) in [6, 6.07) is 1.98. The number of nitrogens with zero attached hydrogens (tertiary/aromatic N) is 1. The van der Waals surface area contributed by atoms with Gasteiger partial charge in [-0.15, -0.1) is 0 Å². The van der Waals surface area contributed by atoms with E-state index < -0.39 is 0 Å². The molecule has 0 amide bonds. The fraction of sp³-hybridized carbons (Fsp3) is 0.500. The first-order chi connectivity index (χ1) is 6.61. The second-order valence-electron chi connectivity index (χ2n) is 3.64.